The lowest BCUT2D eigenvalue weighted by Gasteiger charge is -2.42. The summed E-state index contributed by atoms with van der Waals surface area (Å²) in [4.78, 5) is 12.8. The van der Waals surface area contributed by atoms with E-state index in [0.717, 1.165) is 18.2 Å². The number of hydrogen-bond donors (Lipinski definition) is 8. The molecule has 0 bridgehead atoms. The molecule has 15 heteroatoms. The van der Waals surface area contributed by atoms with E-state index < -0.39 is 90.9 Å². The summed E-state index contributed by atoms with van der Waals surface area (Å²) in [5.74, 6) is -1.41. The summed E-state index contributed by atoms with van der Waals surface area (Å²) >= 11 is 0. The van der Waals surface area contributed by atoms with Gasteiger partial charge in [0, 0.05) is 12.1 Å². The van der Waals surface area contributed by atoms with Crippen LogP contribution in [-0.2, 0) is 14.2 Å². The summed E-state index contributed by atoms with van der Waals surface area (Å²) in [5.41, 5.74) is 0.138. The Morgan fingerprint density at radius 3 is 2.05 bits per heavy atom. The molecule has 0 saturated carbocycles. The minimum atomic E-state index is -1.80. The number of aromatic hydroxyl groups is 2. The summed E-state index contributed by atoms with van der Waals surface area (Å²) < 4.78 is 32.2. The van der Waals surface area contributed by atoms with Gasteiger partial charge >= 0.3 is 0 Å². The molecular formula is C29H36O15. The van der Waals surface area contributed by atoms with Crippen molar-refractivity contribution in [2.75, 3.05) is 20.8 Å². The second-order valence-corrected chi connectivity index (χ2v) is 10.3. The van der Waals surface area contributed by atoms with Crippen LogP contribution >= 0.6 is 0 Å². The summed E-state index contributed by atoms with van der Waals surface area (Å²) in [7, 11) is 2.94. The van der Waals surface area contributed by atoms with Crippen LogP contribution in [0.4, 0.5) is 0 Å². The highest BCUT2D eigenvalue weighted by Gasteiger charge is 2.47. The molecule has 15 nitrogen and oxygen atoms in total. The number of hydrogen-bond acceptors (Lipinski definition) is 15. The molecule has 0 unspecified atom stereocenters. The van der Waals surface area contributed by atoms with Gasteiger partial charge in [-0.1, -0.05) is 12.1 Å². The van der Waals surface area contributed by atoms with Crippen LogP contribution in [0.5, 0.6) is 28.7 Å². The Balaban J connectivity index is 1.44. The monoisotopic (exact) mass is 624 g/mol. The van der Waals surface area contributed by atoms with Gasteiger partial charge in [0.2, 0.25) is 6.29 Å². The Kier molecular flexibility index (Phi) is 10.7. The second kappa shape index (κ2) is 14.1. The molecule has 0 aromatic heterocycles. The first kappa shape index (κ1) is 33.4. The lowest BCUT2D eigenvalue weighted by Crippen LogP contribution is -2.61. The number of rotatable bonds is 10. The van der Waals surface area contributed by atoms with Crippen molar-refractivity contribution in [2.24, 2.45) is 0 Å². The van der Waals surface area contributed by atoms with Crippen LogP contribution in [0.25, 0.3) is 6.08 Å². The maximum Gasteiger partial charge on any atom is 0.229 e. The highest BCUT2D eigenvalue weighted by molar-refractivity contribution is 6.10. The van der Waals surface area contributed by atoms with E-state index in [9.17, 15) is 45.6 Å². The smallest absolute Gasteiger partial charge is 0.229 e. The van der Waals surface area contributed by atoms with Gasteiger partial charge in [0.25, 0.3) is 0 Å². The van der Waals surface area contributed by atoms with Crippen LogP contribution in [-0.4, -0.2) is 129 Å². The van der Waals surface area contributed by atoms with Crippen LogP contribution in [0.2, 0.25) is 0 Å². The third-order valence-corrected chi connectivity index (χ3v) is 7.31. The fraction of sp³-hybridized carbons (Fsp3) is 0.483. The van der Waals surface area contributed by atoms with Crippen molar-refractivity contribution in [3.8, 4) is 28.7 Å². The Bertz CT molecular complexity index is 1310. The minimum absolute atomic E-state index is 0.260. The predicted molar refractivity (Wildman–Crippen MR) is 148 cm³/mol. The zero-order valence-corrected chi connectivity index (χ0v) is 24.0. The minimum Gasteiger partial charge on any atom is -0.507 e. The second-order valence-electron chi connectivity index (χ2n) is 10.3. The van der Waals surface area contributed by atoms with Crippen LogP contribution in [0.1, 0.15) is 22.8 Å². The molecule has 2 saturated heterocycles. The molecule has 44 heavy (non-hydrogen) atoms. The molecule has 10 atom stereocenters. The molecule has 2 aliphatic rings. The third-order valence-electron chi connectivity index (χ3n) is 7.31. The molecule has 0 radical (unpaired) electrons. The lowest BCUT2D eigenvalue weighted by molar-refractivity contribution is -0.318. The van der Waals surface area contributed by atoms with E-state index in [1.807, 2.05) is 0 Å². The molecule has 4 rings (SSSR count). The molecule has 0 aliphatic carbocycles. The van der Waals surface area contributed by atoms with Crippen molar-refractivity contribution in [1.82, 2.24) is 0 Å². The van der Waals surface area contributed by atoms with Crippen molar-refractivity contribution < 1.29 is 74.1 Å². The van der Waals surface area contributed by atoms with E-state index >= 15 is 0 Å². The molecule has 242 valence electrons. The van der Waals surface area contributed by atoms with Crippen molar-refractivity contribution in [1.29, 1.82) is 0 Å². The van der Waals surface area contributed by atoms with E-state index in [2.05, 4.69) is 0 Å². The summed E-state index contributed by atoms with van der Waals surface area (Å²) in [5, 5.41) is 82.2. The molecule has 0 spiro atoms. The average Bonchev–Trinajstić information content (AvgIpc) is 3.00. The Morgan fingerprint density at radius 1 is 0.795 bits per heavy atom. The molecule has 8 N–H and O–H groups in total. The van der Waals surface area contributed by atoms with E-state index in [-0.39, 0.29) is 5.75 Å². The highest BCUT2D eigenvalue weighted by atomic mass is 16.7. The van der Waals surface area contributed by atoms with Gasteiger partial charge in [-0.15, -0.1) is 0 Å². The van der Waals surface area contributed by atoms with Gasteiger partial charge in [-0.3, -0.25) is 4.79 Å². The summed E-state index contributed by atoms with van der Waals surface area (Å²) in [6.07, 6.45) is -12.6. The number of phenols is 2. The van der Waals surface area contributed by atoms with Gasteiger partial charge in [0.1, 0.15) is 65.5 Å². The number of carbonyl (C=O) groups excluding carboxylic acids is 1. The topological polar surface area (TPSA) is 234 Å². The van der Waals surface area contributed by atoms with Crippen molar-refractivity contribution in [3.05, 3.63) is 47.5 Å². The number of ether oxygens (including phenoxy) is 6. The number of ketones is 1. The molecule has 0 amide bonds. The number of allylic oxidation sites excluding steroid dienone is 1. The number of carbonyl (C=O) groups is 1. The first-order chi connectivity index (χ1) is 20.9. The zero-order valence-electron chi connectivity index (χ0n) is 24.0. The lowest BCUT2D eigenvalue weighted by atomic mass is 9.98. The number of aliphatic hydroxyl groups excluding tert-OH is 6. The normalized spacial score (nSPS) is 32.4. The number of benzene rings is 2. The molecule has 2 aromatic carbocycles. The van der Waals surface area contributed by atoms with E-state index in [0.29, 0.717) is 17.1 Å². The maximum atomic E-state index is 12.8. The molecule has 2 fully saturated rings. The van der Waals surface area contributed by atoms with Crippen molar-refractivity contribution in [3.63, 3.8) is 0 Å². The van der Waals surface area contributed by atoms with Gasteiger partial charge in [-0.2, -0.15) is 0 Å². The predicted octanol–water partition coefficient (Wildman–Crippen LogP) is -0.958. The number of phenolic OH excluding ortho intramolecular Hbond substituents is 2. The Hall–Kier alpha value is -3.51. The number of aliphatic hydroxyl groups is 6. The standard InChI is InChI=1S/C29H36O15/c1-12-22(33)24(35)26(37)28(42-12)41-11-20-23(34)25(36)27(38)29(44-20)43-14-9-16(31)21(17(32)10-14)15(30)6-4-13-5-7-18(39-2)19(8-13)40-3/h4-10,12,20,22-29,31-38H,11H2,1-3H3/t12-,20+,22-,23+,24+,25-,26+,27+,28+,29+/m0/s1. The van der Waals surface area contributed by atoms with Gasteiger partial charge in [0.05, 0.1) is 26.9 Å². The third kappa shape index (κ3) is 7.07. The van der Waals surface area contributed by atoms with Crippen LogP contribution in [0.15, 0.2) is 36.4 Å². The largest absolute Gasteiger partial charge is 0.507 e. The van der Waals surface area contributed by atoms with Crippen molar-refractivity contribution in [2.45, 2.75) is 68.3 Å². The zero-order chi connectivity index (χ0) is 32.3. The fourth-order valence-electron chi connectivity index (χ4n) is 4.75. The number of methoxy groups -OCH3 is 2. The molecular weight excluding hydrogens is 588 g/mol. The van der Waals surface area contributed by atoms with Gasteiger partial charge in [-0.25, -0.2) is 0 Å². The van der Waals surface area contributed by atoms with Gasteiger partial charge in [-0.05, 0) is 30.7 Å². The molecule has 2 aromatic rings. The van der Waals surface area contributed by atoms with E-state index in [1.54, 1.807) is 18.2 Å². The quantitative estimate of drug-likeness (QED) is 0.117. The van der Waals surface area contributed by atoms with Gasteiger partial charge in [0.15, 0.2) is 23.6 Å². The van der Waals surface area contributed by atoms with Crippen LogP contribution in [0, 0.1) is 0 Å². The van der Waals surface area contributed by atoms with E-state index in [4.69, 9.17) is 28.4 Å². The van der Waals surface area contributed by atoms with E-state index in [1.165, 1.54) is 27.2 Å². The first-order valence-corrected chi connectivity index (χ1v) is 13.5. The Morgan fingerprint density at radius 2 is 1.41 bits per heavy atom. The first-order valence-electron chi connectivity index (χ1n) is 13.5. The highest BCUT2D eigenvalue weighted by Crippen LogP contribution is 2.35. The van der Waals surface area contributed by atoms with Crippen LogP contribution in [0.3, 0.4) is 0 Å². The fourth-order valence-corrected chi connectivity index (χ4v) is 4.75. The van der Waals surface area contributed by atoms with Crippen molar-refractivity contribution >= 4 is 11.9 Å². The Labute approximate surface area is 251 Å². The maximum absolute atomic E-state index is 12.8. The average molecular weight is 625 g/mol. The summed E-state index contributed by atoms with van der Waals surface area (Å²) in [6.45, 7) is 0.933. The molecule has 2 aliphatic heterocycles. The SMILES string of the molecule is COc1ccc(C=CC(=O)c2c(O)cc(O[C@@H]3O[C@H](CO[C@@H]4O[C@@H](C)[C@H](O)[C@@H](O)[C@H]4O)[C@@H](O)[C@H](O)[C@H]3O)cc2O)cc1OC. The van der Waals surface area contributed by atoms with Crippen LogP contribution < -0.4 is 14.2 Å². The van der Waals surface area contributed by atoms with Gasteiger partial charge < -0.3 is 69.3 Å². The molecule has 2 heterocycles. The summed E-state index contributed by atoms with van der Waals surface area (Å²) in [6, 6.07) is 6.89.